The largest absolute Gasteiger partial charge is 0.467 e. The Labute approximate surface area is 124 Å². The van der Waals surface area contributed by atoms with Crippen LogP contribution in [0.25, 0.3) is 0 Å². The van der Waals surface area contributed by atoms with Gasteiger partial charge in [-0.05, 0) is 30.5 Å². The highest BCUT2D eigenvalue weighted by molar-refractivity contribution is 5.73. The first-order valence-corrected chi connectivity index (χ1v) is 7.03. The molecule has 1 aromatic heterocycles. The van der Waals surface area contributed by atoms with Crippen LogP contribution in [0.2, 0.25) is 0 Å². The number of amides is 2. The fraction of sp³-hybridized carbons (Fsp3) is 0.312. The molecular formula is C16H20N2O3. The fourth-order valence-electron chi connectivity index (χ4n) is 1.97. The molecule has 21 heavy (non-hydrogen) atoms. The lowest BCUT2D eigenvalue weighted by Gasteiger charge is -2.10. The number of urea groups is 1. The highest BCUT2D eigenvalue weighted by Gasteiger charge is 2.10. The summed E-state index contributed by atoms with van der Waals surface area (Å²) in [7, 11) is 0. The molecule has 112 valence electrons. The molecule has 0 spiro atoms. The van der Waals surface area contributed by atoms with Crippen LogP contribution in [0.1, 0.15) is 23.8 Å². The van der Waals surface area contributed by atoms with Crippen molar-refractivity contribution in [2.45, 2.75) is 18.9 Å². The van der Waals surface area contributed by atoms with Gasteiger partial charge in [-0.3, -0.25) is 0 Å². The molecule has 0 bridgehead atoms. The number of rotatable bonds is 7. The van der Waals surface area contributed by atoms with Crippen molar-refractivity contribution < 1.29 is 14.3 Å². The van der Waals surface area contributed by atoms with Crippen LogP contribution >= 0.6 is 0 Å². The summed E-state index contributed by atoms with van der Waals surface area (Å²) in [6.45, 7) is 0.968. The van der Waals surface area contributed by atoms with E-state index < -0.39 is 6.10 Å². The summed E-state index contributed by atoms with van der Waals surface area (Å²) in [4.78, 5) is 11.6. The maximum Gasteiger partial charge on any atom is 0.314 e. The first kappa shape index (κ1) is 15.1. The Morgan fingerprint density at radius 3 is 2.57 bits per heavy atom. The molecule has 1 unspecified atom stereocenters. The molecule has 3 N–H and O–H groups in total. The Morgan fingerprint density at radius 2 is 1.86 bits per heavy atom. The molecule has 5 nitrogen and oxygen atoms in total. The van der Waals surface area contributed by atoms with Crippen LogP contribution in [-0.4, -0.2) is 24.2 Å². The first-order valence-electron chi connectivity index (χ1n) is 7.03. The zero-order valence-electron chi connectivity index (χ0n) is 11.8. The van der Waals surface area contributed by atoms with Gasteiger partial charge in [0.15, 0.2) is 0 Å². The minimum atomic E-state index is -0.690. The maximum absolute atomic E-state index is 11.6. The minimum absolute atomic E-state index is 0.224. The molecule has 0 aliphatic carbocycles. The van der Waals surface area contributed by atoms with E-state index in [4.69, 9.17) is 4.42 Å². The molecule has 1 atom stereocenters. The monoisotopic (exact) mass is 288 g/mol. The van der Waals surface area contributed by atoms with Gasteiger partial charge in [-0.1, -0.05) is 30.3 Å². The lowest BCUT2D eigenvalue weighted by molar-refractivity contribution is 0.140. The lowest BCUT2D eigenvalue weighted by atomic mass is 10.1. The molecule has 2 aromatic rings. The Bertz CT molecular complexity index is 526. The summed E-state index contributed by atoms with van der Waals surface area (Å²) in [5, 5.41) is 15.3. The first-order chi connectivity index (χ1) is 10.3. The molecule has 5 heteroatoms. The predicted molar refractivity (Wildman–Crippen MR) is 79.8 cm³/mol. The van der Waals surface area contributed by atoms with Gasteiger partial charge in [-0.25, -0.2) is 4.79 Å². The van der Waals surface area contributed by atoms with E-state index in [1.54, 1.807) is 12.1 Å². The number of hydrogen-bond donors (Lipinski definition) is 3. The highest BCUT2D eigenvalue weighted by atomic mass is 16.4. The Morgan fingerprint density at radius 1 is 1.10 bits per heavy atom. The van der Waals surface area contributed by atoms with Crippen molar-refractivity contribution >= 4 is 6.03 Å². The van der Waals surface area contributed by atoms with E-state index in [9.17, 15) is 9.90 Å². The molecule has 0 radical (unpaired) electrons. The molecule has 0 fully saturated rings. The Kier molecular flexibility index (Phi) is 5.84. The van der Waals surface area contributed by atoms with Crippen LogP contribution in [0.4, 0.5) is 4.79 Å². The number of hydrogen-bond acceptors (Lipinski definition) is 3. The van der Waals surface area contributed by atoms with E-state index in [1.165, 1.54) is 11.8 Å². The average Bonchev–Trinajstić information content (AvgIpc) is 3.02. The molecule has 2 amide bonds. The highest BCUT2D eigenvalue weighted by Crippen LogP contribution is 2.15. The zero-order chi connectivity index (χ0) is 14.9. The second-order valence-electron chi connectivity index (χ2n) is 4.74. The van der Waals surface area contributed by atoms with Crippen LogP contribution in [0.5, 0.6) is 0 Å². The lowest BCUT2D eigenvalue weighted by Crippen LogP contribution is -2.37. The van der Waals surface area contributed by atoms with Gasteiger partial charge < -0.3 is 20.2 Å². The Hall–Kier alpha value is -2.27. The van der Waals surface area contributed by atoms with Crippen molar-refractivity contribution in [3.05, 3.63) is 60.1 Å². The van der Waals surface area contributed by atoms with E-state index in [1.807, 2.05) is 30.3 Å². The third-order valence-electron chi connectivity index (χ3n) is 3.12. The smallest absolute Gasteiger partial charge is 0.314 e. The molecule has 0 aliphatic heterocycles. The number of furan rings is 1. The van der Waals surface area contributed by atoms with Crippen molar-refractivity contribution in [3.63, 3.8) is 0 Å². The van der Waals surface area contributed by atoms with Gasteiger partial charge in [-0.15, -0.1) is 0 Å². The molecule has 0 aliphatic rings. The number of benzene rings is 1. The van der Waals surface area contributed by atoms with Gasteiger partial charge in [0.2, 0.25) is 0 Å². The summed E-state index contributed by atoms with van der Waals surface area (Å²) in [5.74, 6) is 0.515. The van der Waals surface area contributed by atoms with Crippen LogP contribution in [0, 0.1) is 0 Å². The molecule has 2 rings (SSSR count). The summed E-state index contributed by atoms with van der Waals surface area (Å²) in [5.41, 5.74) is 1.19. The van der Waals surface area contributed by atoms with Gasteiger partial charge in [-0.2, -0.15) is 0 Å². The van der Waals surface area contributed by atoms with Crippen molar-refractivity contribution in [1.82, 2.24) is 10.6 Å². The van der Waals surface area contributed by atoms with Gasteiger partial charge in [0, 0.05) is 13.1 Å². The van der Waals surface area contributed by atoms with Crippen LogP contribution in [-0.2, 0) is 6.42 Å². The van der Waals surface area contributed by atoms with E-state index in [0.717, 1.165) is 6.42 Å². The number of carbonyl (C=O) groups is 1. The number of carbonyl (C=O) groups excluding carboxylic acids is 1. The normalized spacial score (nSPS) is 11.9. The summed E-state index contributed by atoms with van der Waals surface area (Å²) in [6.07, 6.45) is 2.04. The van der Waals surface area contributed by atoms with Gasteiger partial charge >= 0.3 is 6.03 Å². The summed E-state index contributed by atoms with van der Waals surface area (Å²) < 4.78 is 5.09. The second kappa shape index (κ2) is 8.11. The van der Waals surface area contributed by atoms with Crippen molar-refractivity contribution in [3.8, 4) is 0 Å². The number of nitrogens with one attached hydrogen (secondary N) is 2. The molecule has 1 heterocycles. The number of aliphatic hydroxyl groups is 1. The molecule has 0 saturated heterocycles. The SMILES string of the molecule is O=C(NCCc1ccccc1)NCCC(O)c1ccco1. The van der Waals surface area contributed by atoms with E-state index in [2.05, 4.69) is 10.6 Å². The van der Waals surface area contributed by atoms with Gasteiger partial charge in [0.25, 0.3) is 0 Å². The summed E-state index contributed by atoms with van der Waals surface area (Å²) >= 11 is 0. The molecule has 0 saturated carbocycles. The van der Waals surface area contributed by atoms with Gasteiger partial charge in [0.1, 0.15) is 11.9 Å². The maximum atomic E-state index is 11.6. The van der Waals surface area contributed by atoms with Crippen molar-refractivity contribution in [2.75, 3.05) is 13.1 Å². The van der Waals surface area contributed by atoms with Crippen molar-refractivity contribution in [2.24, 2.45) is 0 Å². The topological polar surface area (TPSA) is 74.5 Å². The standard InChI is InChI=1S/C16H20N2O3/c19-14(15-7-4-12-21-15)9-11-18-16(20)17-10-8-13-5-2-1-3-6-13/h1-7,12,14,19H,8-11H2,(H2,17,18,20). The third-order valence-corrected chi connectivity index (χ3v) is 3.12. The second-order valence-corrected chi connectivity index (χ2v) is 4.74. The Balaban J connectivity index is 1.57. The quantitative estimate of drug-likeness (QED) is 0.731. The van der Waals surface area contributed by atoms with E-state index in [0.29, 0.717) is 25.3 Å². The van der Waals surface area contributed by atoms with Crippen LogP contribution < -0.4 is 10.6 Å². The molecule has 1 aromatic carbocycles. The number of aliphatic hydroxyl groups excluding tert-OH is 1. The van der Waals surface area contributed by atoms with Crippen LogP contribution in [0.3, 0.4) is 0 Å². The third kappa shape index (κ3) is 5.31. The zero-order valence-corrected chi connectivity index (χ0v) is 11.8. The predicted octanol–water partition coefficient (Wildman–Crippen LogP) is 2.25. The van der Waals surface area contributed by atoms with Crippen molar-refractivity contribution in [1.29, 1.82) is 0 Å². The minimum Gasteiger partial charge on any atom is -0.467 e. The average molecular weight is 288 g/mol. The van der Waals surface area contributed by atoms with E-state index in [-0.39, 0.29) is 6.03 Å². The van der Waals surface area contributed by atoms with Gasteiger partial charge in [0.05, 0.1) is 6.26 Å². The van der Waals surface area contributed by atoms with Crippen LogP contribution in [0.15, 0.2) is 53.1 Å². The van der Waals surface area contributed by atoms with E-state index >= 15 is 0 Å². The molecular weight excluding hydrogens is 268 g/mol. The summed E-state index contributed by atoms with van der Waals surface area (Å²) in [6, 6.07) is 13.2. The fourth-order valence-corrected chi connectivity index (χ4v) is 1.97.